The van der Waals surface area contributed by atoms with Crippen LogP contribution in [-0.4, -0.2) is 28.8 Å². The summed E-state index contributed by atoms with van der Waals surface area (Å²) in [5, 5.41) is 13.0. The van der Waals surface area contributed by atoms with Crippen LogP contribution in [0.4, 0.5) is 17.3 Å². The van der Waals surface area contributed by atoms with E-state index in [0.29, 0.717) is 33.4 Å². The van der Waals surface area contributed by atoms with Crippen molar-refractivity contribution >= 4 is 34.7 Å². The van der Waals surface area contributed by atoms with Gasteiger partial charge in [0.15, 0.2) is 5.78 Å². The molecule has 1 aromatic heterocycles. The molecule has 4 rings (SSSR count). The van der Waals surface area contributed by atoms with Crippen molar-refractivity contribution in [2.45, 2.75) is 25.7 Å². The van der Waals surface area contributed by atoms with Crippen LogP contribution in [-0.2, 0) is 11.2 Å². The summed E-state index contributed by atoms with van der Waals surface area (Å²) in [5.41, 5.74) is 4.35. The van der Waals surface area contributed by atoms with Gasteiger partial charge in [0.2, 0.25) is 5.95 Å². The molecule has 0 saturated carbocycles. The van der Waals surface area contributed by atoms with E-state index in [4.69, 9.17) is 11.6 Å². The van der Waals surface area contributed by atoms with Crippen molar-refractivity contribution in [3.8, 4) is 17.3 Å². The molecule has 1 aliphatic rings. The summed E-state index contributed by atoms with van der Waals surface area (Å²) < 4.78 is 0. The molecule has 166 valence electrons. The second kappa shape index (κ2) is 10.3. The molecule has 1 N–H and O–H groups in total. The Balaban J connectivity index is 1.61. The van der Waals surface area contributed by atoms with Gasteiger partial charge >= 0.3 is 0 Å². The van der Waals surface area contributed by atoms with Crippen molar-refractivity contribution in [2.75, 3.05) is 23.3 Å². The number of aromatic nitrogens is 2. The number of hydrogen-bond donors (Lipinski definition) is 1. The molecule has 33 heavy (non-hydrogen) atoms. The number of anilines is 3. The second-order valence-corrected chi connectivity index (χ2v) is 8.35. The lowest BCUT2D eigenvalue weighted by Gasteiger charge is -2.29. The lowest BCUT2D eigenvalue weighted by atomic mass is 9.98. The third kappa shape index (κ3) is 5.39. The van der Waals surface area contributed by atoms with E-state index in [1.807, 2.05) is 12.1 Å². The molecule has 1 fully saturated rings. The molecule has 0 atom stereocenters. The highest BCUT2D eigenvalue weighted by Crippen LogP contribution is 2.30. The molecule has 2 aromatic carbocycles. The number of allylic oxidation sites excluding steroid dienone is 1. The van der Waals surface area contributed by atoms with Gasteiger partial charge in [-0.3, -0.25) is 4.79 Å². The summed E-state index contributed by atoms with van der Waals surface area (Å²) in [6, 6.07) is 15.6. The highest BCUT2D eigenvalue weighted by molar-refractivity contribution is 6.32. The number of hydrogen-bond acceptors (Lipinski definition) is 6. The predicted octanol–water partition coefficient (Wildman–Crippen LogP) is 5.70. The molecule has 7 heteroatoms. The van der Waals surface area contributed by atoms with Gasteiger partial charge in [0, 0.05) is 36.4 Å². The Kier molecular flexibility index (Phi) is 7.01. The Morgan fingerprint density at radius 1 is 1.21 bits per heavy atom. The van der Waals surface area contributed by atoms with Gasteiger partial charge in [0.05, 0.1) is 28.5 Å². The average Bonchev–Trinajstić information content (AvgIpc) is 2.86. The minimum absolute atomic E-state index is 0.0946. The number of nitrogens with one attached hydrogen (secondary N) is 1. The Morgan fingerprint density at radius 3 is 2.79 bits per heavy atom. The maximum atomic E-state index is 11.9. The maximum Gasteiger partial charge on any atom is 0.227 e. The normalized spacial score (nSPS) is 13.3. The molecule has 0 bridgehead atoms. The van der Waals surface area contributed by atoms with Gasteiger partial charge in [0.1, 0.15) is 0 Å². The molecular weight excluding hydrogens is 434 g/mol. The van der Waals surface area contributed by atoms with Gasteiger partial charge in [-0.25, -0.2) is 9.97 Å². The molecule has 1 aliphatic heterocycles. The zero-order chi connectivity index (χ0) is 23.2. The van der Waals surface area contributed by atoms with E-state index >= 15 is 0 Å². The fourth-order valence-corrected chi connectivity index (χ4v) is 4.15. The van der Waals surface area contributed by atoms with Gasteiger partial charge in [-0.15, -0.1) is 0 Å². The van der Waals surface area contributed by atoms with E-state index in [1.165, 1.54) is 31.0 Å². The van der Waals surface area contributed by atoms with Gasteiger partial charge in [-0.05, 0) is 61.2 Å². The number of halogens is 1. The summed E-state index contributed by atoms with van der Waals surface area (Å²) in [7, 11) is 0. The topological polar surface area (TPSA) is 81.9 Å². The van der Waals surface area contributed by atoms with E-state index in [0.717, 1.165) is 18.8 Å². The van der Waals surface area contributed by atoms with Crippen molar-refractivity contribution in [1.29, 1.82) is 5.26 Å². The third-order valence-corrected chi connectivity index (χ3v) is 5.94. The molecule has 0 aliphatic carbocycles. The van der Waals surface area contributed by atoms with Crippen molar-refractivity contribution in [1.82, 2.24) is 9.97 Å². The summed E-state index contributed by atoms with van der Waals surface area (Å²) >= 11 is 6.41. The van der Waals surface area contributed by atoms with E-state index in [1.54, 1.807) is 24.4 Å². The summed E-state index contributed by atoms with van der Waals surface area (Å²) in [6.07, 6.45) is 6.61. The molecule has 3 aromatic rings. The van der Waals surface area contributed by atoms with Crippen LogP contribution in [0.15, 0.2) is 61.3 Å². The number of ketones is 1. The van der Waals surface area contributed by atoms with Crippen LogP contribution >= 0.6 is 11.6 Å². The lowest BCUT2D eigenvalue weighted by Crippen LogP contribution is -2.29. The first-order chi connectivity index (χ1) is 16.1. The minimum atomic E-state index is -0.159. The van der Waals surface area contributed by atoms with Crippen LogP contribution in [0.25, 0.3) is 11.3 Å². The molecule has 1 saturated heterocycles. The molecular formula is C26H24ClN5O. The summed E-state index contributed by atoms with van der Waals surface area (Å²) in [4.78, 5) is 23.2. The molecule has 0 radical (unpaired) electrons. The van der Waals surface area contributed by atoms with Crippen LogP contribution in [0.2, 0.25) is 5.02 Å². The Morgan fingerprint density at radius 2 is 2.03 bits per heavy atom. The van der Waals surface area contributed by atoms with Crippen molar-refractivity contribution in [3.63, 3.8) is 0 Å². The molecule has 0 unspecified atom stereocenters. The molecule has 6 nitrogen and oxygen atoms in total. The number of carbonyl (C=O) groups is 1. The lowest BCUT2D eigenvalue weighted by molar-refractivity contribution is -0.114. The van der Waals surface area contributed by atoms with Gasteiger partial charge < -0.3 is 10.2 Å². The van der Waals surface area contributed by atoms with Gasteiger partial charge in [-0.2, -0.15) is 5.26 Å². The second-order valence-electron chi connectivity index (χ2n) is 7.94. The fourth-order valence-electron chi connectivity index (χ4n) is 3.95. The average molecular weight is 458 g/mol. The number of rotatable bonds is 7. The number of benzene rings is 2. The summed E-state index contributed by atoms with van der Waals surface area (Å²) in [6.45, 7) is 5.65. The highest BCUT2D eigenvalue weighted by Gasteiger charge is 2.14. The Bertz CT molecular complexity index is 1230. The van der Waals surface area contributed by atoms with Crippen LogP contribution < -0.4 is 10.2 Å². The van der Waals surface area contributed by atoms with Crippen LogP contribution in [0.5, 0.6) is 0 Å². The fraction of sp³-hybridized carbons (Fsp3) is 0.231. The van der Waals surface area contributed by atoms with Gasteiger partial charge in [0.25, 0.3) is 0 Å². The van der Waals surface area contributed by atoms with Crippen LogP contribution in [0, 0.1) is 11.3 Å². The van der Waals surface area contributed by atoms with E-state index in [-0.39, 0.29) is 12.2 Å². The first-order valence-corrected chi connectivity index (χ1v) is 11.3. The minimum Gasteiger partial charge on any atom is -0.371 e. The SMILES string of the molecule is C=CC(=O)Cc1cc(-c2nc(Nc3cccc(N4CCCCC4)c3)ncc2Cl)ccc1C#N. The predicted molar refractivity (Wildman–Crippen MR) is 132 cm³/mol. The van der Waals surface area contributed by atoms with E-state index in [9.17, 15) is 10.1 Å². The number of nitriles is 1. The molecule has 2 heterocycles. The Labute approximate surface area is 198 Å². The van der Waals surface area contributed by atoms with Crippen molar-refractivity contribution in [2.24, 2.45) is 0 Å². The zero-order valence-corrected chi connectivity index (χ0v) is 19.0. The van der Waals surface area contributed by atoms with E-state index < -0.39 is 0 Å². The number of carbonyl (C=O) groups excluding carboxylic acids is 1. The van der Waals surface area contributed by atoms with Crippen molar-refractivity contribution in [3.05, 3.63) is 77.5 Å². The number of nitrogens with zero attached hydrogens (tertiary/aromatic N) is 4. The quantitative estimate of drug-likeness (QED) is 0.458. The summed E-state index contributed by atoms with van der Waals surface area (Å²) in [5.74, 6) is 0.256. The van der Waals surface area contributed by atoms with Crippen LogP contribution in [0.1, 0.15) is 30.4 Å². The van der Waals surface area contributed by atoms with Gasteiger partial charge in [-0.1, -0.05) is 30.3 Å². The molecule has 0 amide bonds. The largest absolute Gasteiger partial charge is 0.371 e. The first-order valence-electron chi connectivity index (χ1n) is 10.9. The monoisotopic (exact) mass is 457 g/mol. The number of piperidine rings is 1. The zero-order valence-electron chi connectivity index (χ0n) is 18.2. The molecule has 0 spiro atoms. The van der Waals surface area contributed by atoms with Crippen LogP contribution in [0.3, 0.4) is 0 Å². The third-order valence-electron chi connectivity index (χ3n) is 5.66. The smallest absolute Gasteiger partial charge is 0.227 e. The van der Waals surface area contributed by atoms with E-state index in [2.05, 4.69) is 45.0 Å². The first kappa shape index (κ1) is 22.5. The Hall–Kier alpha value is -3.69. The standard InChI is InChI=1S/C26H24ClN5O/c1-2-23(33)14-20-13-18(9-10-19(20)16-28)25-24(27)17-29-26(31-25)30-21-7-6-8-22(15-21)32-11-4-3-5-12-32/h2,6-10,13,15,17H,1,3-5,11-12,14H2,(H,29,30,31). The highest BCUT2D eigenvalue weighted by atomic mass is 35.5. The maximum absolute atomic E-state index is 11.9. The van der Waals surface area contributed by atoms with Crippen molar-refractivity contribution < 1.29 is 4.79 Å².